The number of ether oxygens (including phenoxy) is 1. The standard InChI is InChI=1S/C20H24N2O3/c1-15(2)25-18-11-9-17(10-12-18)22-20(24)14-21-19(23)13-8-16-6-4-3-5-7-16/h3-7,9-12,15H,8,13-14H2,1-2H3,(H,21,23)(H,22,24). The lowest BCUT2D eigenvalue weighted by atomic mass is 10.1. The van der Waals surface area contributed by atoms with Gasteiger partial charge in [-0.3, -0.25) is 9.59 Å². The van der Waals surface area contributed by atoms with Gasteiger partial charge in [-0.05, 0) is 50.1 Å². The van der Waals surface area contributed by atoms with Gasteiger partial charge < -0.3 is 15.4 Å². The minimum atomic E-state index is -0.259. The van der Waals surface area contributed by atoms with Gasteiger partial charge in [0.15, 0.2) is 0 Å². The summed E-state index contributed by atoms with van der Waals surface area (Å²) in [5, 5.41) is 5.38. The maximum absolute atomic E-state index is 11.9. The van der Waals surface area contributed by atoms with E-state index in [-0.39, 0.29) is 24.5 Å². The van der Waals surface area contributed by atoms with Gasteiger partial charge >= 0.3 is 0 Å². The Hall–Kier alpha value is -2.82. The number of nitrogens with one attached hydrogen (secondary N) is 2. The molecule has 0 saturated heterocycles. The average molecular weight is 340 g/mol. The van der Waals surface area contributed by atoms with Gasteiger partial charge in [-0.15, -0.1) is 0 Å². The first-order valence-corrected chi connectivity index (χ1v) is 8.40. The summed E-state index contributed by atoms with van der Waals surface area (Å²) in [4.78, 5) is 23.7. The summed E-state index contributed by atoms with van der Waals surface area (Å²) in [6.45, 7) is 3.87. The van der Waals surface area contributed by atoms with Crippen LogP contribution in [-0.2, 0) is 16.0 Å². The Morgan fingerprint density at radius 3 is 2.28 bits per heavy atom. The van der Waals surface area contributed by atoms with Crippen molar-refractivity contribution >= 4 is 17.5 Å². The Balaban J connectivity index is 1.70. The smallest absolute Gasteiger partial charge is 0.243 e. The highest BCUT2D eigenvalue weighted by Gasteiger charge is 2.07. The lowest BCUT2D eigenvalue weighted by molar-refractivity contribution is -0.124. The van der Waals surface area contributed by atoms with E-state index in [1.807, 2.05) is 44.2 Å². The topological polar surface area (TPSA) is 67.4 Å². The molecule has 0 heterocycles. The molecule has 0 fully saturated rings. The summed E-state index contributed by atoms with van der Waals surface area (Å²) in [5.74, 6) is 0.354. The number of hydrogen-bond acceptors (Lipinski definition) is 3. The summed E-state index contributed by atoms with van der Waals surface area (Å²) in [6, 6.07) is 16.9. The van der Waals surface area contributed by atoms with E-state index in [2.05, 4.69) is 10.6 Å². The zero-order valence-electron chi connectivity index (χ0n) is 14.6. The normalized spacial score (nSPS) is 10.4. The molecule has 0 aromatic heterocycles. The van der Waals surface area contributed by atoms with Crippen molar-refractivity contribution in [3.05, 3.63) is 60.2 Å². The zero-order chi connectivity index (χ0) is 18.1. The molecule has 2 aromatic rings. The van der Waals surface area contributed by atoms with Crippen molar-refractivity contribution in [2.24, 2.45) is 0 Å². The third-order valence-electron chi connectivity index (χ3n) is 3.44. The van der Waals surface area contributed by atoms with Crippen molar-refractivity contribution in [3.63, 3.8) is 0 Å². The number of rotatable bonds is 8. The lowest BCUT2D eigenvalue weighted by Crippen LogP contribution is -2.32. The van der Waals surface area contributed by atoms with Crippen LogP contribution >= 0.6 is 0 Å². The minimum Gasteiger partial charge on any atom is -0.491 e. The van der Waals surface area contributed by atoms with Gasteiger partial charge in [-0.25, -0.2) is 0 Å². The van der Waals surface area contributed by atoms with E-state index in [0.29, 0.717) is 18.5 Å². The first kappa shape index (κ1) is 18.5. The van der Waals surface area contributed by atoms with Crippen molar-refractivity contribution in [1.82, 2.24) is 5.32 Å². The highest BCUT2D eigenvalue weighted by molar-refractivity contribution is 5.94. The Bertz CT molecular complexity index is 682. The number of amides is 2. The highest BCUT2D eigenvalue weighted by Crippen LogP contribution is 2.16. The molecule has 0 aliphatic rings. The average Bonchev–Trinajstić information content (AvgIpc) is 2.60. The first-order chi connectivity index (χ1) is 12.0. The number of carbonyl (C=O) groups excluding carboxylic acids is 2. The fourth-order valence-electron chi connectivity index (χ4n) is 2.26. The Labute approximate surface area is 148 Å². The molecule has 2 amide bonds. The fourth-order valence-corrected chi connectivity index (χ4v) is 2.26. The van der Waals surface area contributed by atoms with Crippen LogP contribution in [0.2, 0.25) is 0 Å². The molecule has 25 heavy (non-hydrogen) atoms. The van der Waals surface area contributed by atoms with Crippen LogP contribution in [-0.4, -0.2) is 24.5 Å². The quantitative estimate of drug-likeness (QED) is 0.776. The molecule has 2 aromatic carbocycles. The van der Waals surface area contributed by atoms with E-state index in [9.17, 15) is 9.59 Å². The summed E-state index contributed by atoms with van der Waals surface area (Å²) >= 11 is 0. The van der Waals surface area contributed by atoms with Gasteiger partial charge in [0.1, 0.15) is 5.75 Å². The number of hydrogen-bond donors (Lipinski definition) is 2. The molecule has 5 nitrogen and oxygen atoms in total. The predicted molar refractivity (Wildman–Crippen MR) is 98.6 cm³/mol. The third-order valence-corrected chi connectivity index (χ3v) is 3.44. The van der Waals surface area contributed by atoms with Crippen molar-refractivity contribution < 1.29 is 14.3 Å². The van der Waals surface area contributed by atoms with Crippen LogP contribution in [0.5, 0.6) is 5.75 Å². The van der Waals surface area contributed by atoms with Crippen LogP contribution in [0.3, 0.4) is 0 Å². The van der Waals surface area contributed by atoms with Gasteiger partial charge in [0.05, 0.1) is 12.6 Å². The van der Waals surface area contributed by atoms with Crippen molar-refractivity contribution in [1.29, 1.82) is 0 Å². The molecule has 0 spiro atoms. The van der Waals surface area contributed by atoms with Gasteiger partial charge in [0, 0.05) is 12.1 Å². The molecule has 0 unspecified atom stereocenters. The van der Waals surface area contributed by atoms with E-state index in [4.69, 9.17) is 4.74 Å². The van der Waals surface area contributed by atoms with Crippen molar-refractivity contribution in [2.45, 2.75) is 32.8 Å². The van der Waals surface area contributed by atoms with E-state index in [0.717, 1.165) is 11.3 Å². The number of carbonyl (C=O) groups is 2. The van der Waals surface area contributed by atoms with E-state index >= 15 is 0 Å². The van der Waals surface area contributed by atoms with Crippen LogP contribution in [0.1, 0.15) is 25.8 Å². The molecule has 0 saturated carbocycles. The molecular formula is C20H24N2O3. The van der Waals surface area contributed by atoms with E-state index in [1.54, 1.807) is 24.3 Å². The maximum atomic E-state index is 11.9. The van der Waals surface area contributed by atoms with Gasteiger partial charge in [0.25, 0.3) is 0 Å². The molecule has 0 bridgehead atoms. The van der Waals surface area contributed by atoms with Crippen LogP contribution in [0.15, 0.2) is 54.6 Å². The number of benzene rings is 2. The molecule has 0 aliphatic carbocycles. The second kappa shape index (κ2) is 9.47. The van der Waals surface area contributed by atoms with Crippen LogP contribution < -0.4 is 15.4 Å². The van der Waals surface area contributed by atoms with E-state index in [1.165, 1.54) is 0 Å². The second-order valence-electron chi connectivity index (χ2n) is 6.00. The summed E-state index contributed by atoms with van der Waals surface area (Å²) in [6.07, 6.45) is 1.12. The van der Waals surface area contributed by atoms with E-state index < -0.39 is 0 Å². The molecule has 0 radical (unpaired) electrons. The second-order valence-corrected chi connectivity index (χ2v) is 6.00. The van der Waals surface area contributed by atoms with Gasteiger partial charge in [0.2, 0.25) is 11.8 Å². The molecule has 132 valence electrons. The molecule has 5 heteroatoms. The van der Waals surface area contributed by atoms with Crippen molar-refractivity contribution in [3.8, 4) is 5.75 Å². The zero-order valence-corrected chi connectivity index (χ0v) is 14.6. The van der Waals surface area contributed by atoms with Crippen LogP contribution in [0.25, 0.3) is 0 Å². The molecule has 2 rings (SSSR count). The molecular weight excluding hydrogens is 316 g/mol. The van der Waals surface area contributed by atoms with Gasteiger partial charge in [-0.2, -0.15) is 0 Å². The summed E-state index contributed by atoms with van der Waals surface area (Å²) in [7, 11) is 0. The molecule has 2 N–H and O–H groups in total. The number of aryl methyl sites for hydroxylation is 1. The number of anilines is 1. The largest absolute Gasteiger partial charge is 0.491 e. The summed E-state index contributed by atoms with van der Waals surface area (Å²) < 4.78 is 5.55. The van der Waals surface area contributed by atoms with Gasteiger partial charge in [-0.1, -0.05) is 30.3 Å². The molecule has 0 aliphatic heterocycles. The maximum Gasteiger partial charge on any atom is 0.243 e. The Morgan fingerprint density at radius 1 is 0.960 bits per heavy atom. The lowest BCUT2D eigenvalue weighted by Gasteiger charge is -2.11. The highest BCUT2D eigenvalue weighted by atomic mass is 16.5. The van der Waals surface area contributed by atoms with Crippen LogP contribution in [0, 0.1) is 0 Å². The van der Waals surface area contributed by atoms with Crippen LogP contribution in [0.4, 0.5) is 5.69 Å². The minimum absolute atomic E-state index is 0.0438. The monoisotopic (exact) mass is 340 g/mol. The molecule has 0 atom stereocenters. The summed E-state index contributed by atoms with van der Waals surface area (Å²) in [5.41, 5.74) is 1.77. The van der Waals surface area contributed by atoms with Crippen molar-refractivity contribution in [2.75, 3.05) is 11.9 Å². The fraction of sp³-hybridized carbons (Fsp3) is 0.300. The predicted octanol–water partition coefficient (Wildman–Crippen LogP) is 3.16. The SMILES string of the molecule is CC(C)Oc1ccc(NC(=O)CNC(=O)CCc2ccccc2)cc1. The Morgan fingerprint density at radius 2 is 1.64 bits per heavy atom. The Kier molecular flexibility index (Phi) is 7.01. The first-order valence-electron chi connectivity index (χ1n) is 8.40. The third kappa shape index (κ3) is 7.08.